The van der Waals surface area contributed by atoms with Gasteiger partial charge in [-0.05, 0) is 50.2 Å². The first-order valence-electron chi connectivity index (χ1n) is 8.43. The molecule has 0 aliphatic rings. The number of methoxy groups -OCH3 is 1. The second-order valence-electron chi connectivity index (χ2n) is 5.88. The molecule has 1 atom stereocenters. The maximum Gasteiger partial charge on any atom is 0.247 e. The van der Waals surface area contributed by atoms with Crippen molar-refractivity contribution >= 4 is 27.3 Å². The normalized spacial score (nSPS) is 12.1. The molecule has 0 bridgehead atoms. The number of hydrogen-bond acceptors (Lipinski definition) is 5. The van der Waals surface area contributed by atoms with Crippen LogP contribution >= 0.6 is 0 Å². The highest BCUT2D eigenvalue weighted by atomic mass is 32.2. The quantitative estimate of drug-likeness (QED) is 0.747. The molecule has 0 unspecified atom stereocenters. The Kier molecular flexibility index (Phi) is 6.68. The van der Waals surface area contributed by atoms with Gasteiger partial charge < -0.3 is 14.8 Å². The molecule has 1 N–H and O–H groups in total. The predicted octanol–water partition coefficient (Wildman–Crippen LogP) is 2.89. The monoisotopic (exact) mass is 392 g/mol. The molecule has 0 aromatic heterocycles. The van der Waals surface area contributed by atoms with Gasteiger partial charge in [-0.1, -0.05) is 6.07 Å². The first kappa shape index (κ1) is 20.6. The number of hydrogen-bond donors (Lipinski definition) is 1. The summed E-state index contributed by atoms with van der Waals surface area (Å²) in [7, 11) is -2.16. The number of benzene rings is 2. The van der Waals surface area contributed by atoms with Crippen molar-refractivity contribution < 1.29 is 22.7 Å². The summed E-state index contributed by atoms with van der Waals surface area (Å²) in [6, 6.07) is 12.5. The Morgan fingerprint density at radius 2 is 1.81 bits per heavy atom. The van der Waals surface area contributed by atoms with E-state index < -0.39 is 22.0 Å². The lowest BCUT2D eigenvalue weighted by molar-refractivity contribution is -0.116. The van der Waals surface area contributed by atoms with Crippen LogP contribution in [0.4, 0.5) is 11.4 Å². The minimum Gasteiger partial charge on any atom is -0.497 e. The average molecular weight is 392 g/mol. The van der Waals surface area contributed by atoms with Crippen LogP contribution in [-0.4, -0.2) is 40.3 Å². The molecule has 0 aliphatic carbocycles. The molecule has 0 spiro atoms. The summed E-state index contributed by atoms with van der Waals surface area (Å²) in [5, 5.41) is 2.72. The number of nitrogens with zero attached hydrogens (tertiary/aromatic N) is 1. The third-order valence-electron chi connectivity index (χ3n) is 3.83. The zero-order valence-corrected chi connectivity index (χ0v) is 16.6. The van der Waals surface area contributed by atoms with E-state index in [1.807, 2.05) is 6.92 Å². The molecule has 146 valence electrons. The van der Waals surface area contributed by atoms with Crippen LogP contribution in [0, 0.1) is 0 Å². The third kappa shape index (κ3) is 5.37. The smallest absolute Gasteiger partial charge is 0.247 e. The molecular formula is C19H24N2O5S. The van der Waals surface area contributed by atoms with E-state index in [0.29, 0.717) is 29.5 Å². The van der Waals surface area contributed by atoms with Crippen molar-refractivity contribution in [1.29, 1.82) is 0 Å². The first-order chi connectivity index (χ1) is 12.8. The van der Waals surface area contributed by atoms with Crippen LogP contribution in [-0.2, 0) is 14.8 Å². The van der Waals surface area contributed by atoms with Crippen LogP contribution in [0.15, 0.2) is 48.5 Å². The highest BCUT2D eigenvalue weighted by molar-refractivity contribution is 7.92. The molecule has 2 aromatic rings. The lowest BCUT2D eigenvalue weighted by Crippen LogP contribution is -2.45. The molecule has 0 aliphatic heterocycles. The maximum atomic E-state index is 12.7. The largest absolute Gasteiger partial charge is 0.497 e. The van der Waals surface area contributed by atoms with Crippen molar-refractivity contribution in [1.82, 2.24) is 0 Å². The van der Waals surface area contributed by atoms with E-state index in [-0.39, 0.29) is 0 Å². The number of amides is 1. The number of carbonyl (C=O) groups is 1. The zero-order valence-electron chi connectivity index (χ0n) is 15.8. The van der Waals surface area contributed by atoms with Crippen molar-refractivity contribution in [3.63, 3.8) is 0 Å². The molecule has 0 saturated carbocycles. The van der Waals surface area contributed by atoms with Gasteiger partial charge >= 0.3 is 0 Å². The van der Waals surface area contributed by atoms with Gasteiger partial charge in [0.25, 0.3) is 0 Å². The molecular weight excluding hydrogens is 368 g/mol. The Morgan fingerprint density at radius 1 is 1.15 bits per heavy atom. The SMILES string of the molecule is CCOc1ccc(N([C@H](C)C(=O)Nc2cccc(OC)c2)S(C)(=O)=O)cc1. The fourth-order valence-corrected chi connectivity index (χ4v) is 3.79. The zero-order chi connectivity index (χ0) is 20.0. The fraction of sp³-hybridized carbons (Fsp3) is 0.316. The summed E-state index contributed by atoms with van der Waals surface area (Å²) in [6.07, 6.45) is 1.07. The minimum atomic E-state index is -3.69. The topological polar surface area (TPSA) is 84.9 Å². The van der Waals surface area contributed by atoms with E-state index in [1.165, 1.54) is 14.0 Å². The van der Waals surface area contributed by atoms with E-state index in [0.717, 1.165) is 10.6 Å². The Morgan fingerprint density at radius 3 is 2.37 bits per heavy atom. The maximum absolute atomic E-state index is 12.7. The van der Waals surface area contributed by atoms with Gasteiger partial charge in [0.15, 0.2) is 0 Å². The molecule has 0 radical (unpaired) electrons. The lowest BCUT2D eigenvalue weighted by atomic mass is 10.2. The standard InChI is InChI=1S/C19H24N2O5S/c1-5-26-17-11-9-16(10-12-17)21(27(4,23)24)14(2)19(22)20-15-7-6-8-18(13-15)25-3/h6-14H,5H2,1-4H3,(H,20,22)/t14-/m1/s1. The second-order valence-corrected chi connectivity index (χ2v) is 7.74. The number of nitrogens with one attached hydrogen (secondary N) is 1. The van der Waals surface area contributed by atoms with Crippen molar-refractivity contribution in [2.75, 3.05) is 29.6 Å². The van der Waals surface area contributed by atoms with Gasteiger partial charge in [-0.2, -0.15) is 0 Å². The van der Waals surface area contributed by atoms with Gasteiger partial charge in [0.05, 0.1) is 25.7 Å². The molecule has 2 aromatic carbocycles. The predicted molar refractivity (Wildman–Crippen MR) is 106 cm³/mol. The number of carbonyl (C=O) groups excluding carboxylic acids is 1. The molecule has 0 heterocycles. The van der Waals surface area contributed by atoms with Crippen molar-refractivity contribution in [3.8, 4) is 11.5 Å². The number of anilines is 2. The van der Waals surface area contributed by atoms with E-state index in [9.17, 15) is 13.2 Å². The van der Waals surface area contributed by atoms with Gasteiger partial charge in [0, 0.05) is 11.8 Å². The van der Waals surface area contributed by atoms with Crippen LogP contribution in [0.2, 0.25) is 0 Å². The van der Waals surface area contributed by atoms with Crippen molar-refractivity contribution in [2.45, 2.75) is 19.9 Å². The Balaban J connectivity index is 2.26. The van der Waals surface area contributed by atoms with E-state index in [2.05, 4.69) is 5.32 Å². The molecule has 2 rings (SSSR count). The number of ether oxygens (including phenoxy) is 2. The molecule has 0 fully saturated rings. The molecule has 7 nitrogen and oxygen atoms in total. The fourth-order valence-electron chi connectivity index (χ4n) is 2.61. The minimum absolute atomic E-state index is 0.384. The highest BCUT2D eigenvalue weighted by Gasteiger charge is 2.29. The van der Waals surface area contributed by atoms with E-state index in [4.69, 9.17) is 9.47 Å². The Hall–Kier alpha value is -2.74. The van der Waals surface area contributed by atoms with Crippen LogP contribution in [0.3, 0.4) is 0 Å². The van der Waals surface area contributed by atoms with Crippen LogP contribution in [0.1, 0.15) is 13.8 Å². The number of rotatable bonds is 8. The summed E-state index contributed by atoms with van der Waals surface area (Å²) >= 11 is 0. The average Bonchev–Trinajstić information content (AvgIpc) is 2.62. The van der Waals surface area contributed by atoms with Crippen molar-refractivity contribution in [2.24, 2.45) is 0 Å². The summed E-state index contributed by atoms with van der Waals surface area (Å²) in [5.41, 5.74) is 0.903. The summed E-state index contributed by atoms with van der Waals surface area (Å²) in [4.78, 5) is 12.7. The summed E-state index contributed by atoms with van der Waals surface area (Å²) < 4.78 is 36.3. The van der Waals surface area contributed by atoms with Gasteiger partial charge in [0.1, 0.15) is 17.5 Å². The summed E-state index contributed by atoms with van der Waals surface area (Å²) in [6.45, 7) is 3.91. The van der Waals surface area contributed by atoms with Gasteiger partial charge in [-0.3, -0.25) is 9.10 Å². The molecule has 27 heavy (non-hydrogen) atoms. The molecule has 1 amide bonds. The second kappa shape index (κ2) is 8.77. The van der Waals surface area contributed by atoms with Crippen LogP contribution in [0.5, 0.6) is 11.5 Å². The van der Waals surface area contributed by atoms with Crippen molar-refractivity contribution in [3.05, 3.63) is 48.5 Å². The van der Waals surface area contributed by atoms with Gasteiger partial charge in [-0.25, -0.2) is 8.42 Å². The van der Waals surface area contributed by atoms with Gasteiger partial charge in [-0.15, -0.1) is 0 Å². The van der Waals surface area contributed by atoms with Crippen LogP contribution < -0.4 is 19.1 Å². The van der Waals surface area contributed by atoms with E-state index in [1.54, 1.807) is 48.5 Å². The Bertz CT molecular complexity index is 881. The highest BCUT2D eigenvalue weighted by Crippen LogP contribution is 2.25. The molecule has 8 heteroatoms. The summed E-state index contributed by atoms with van der Waals surface area (Å²) in [5.74, 6) is 0.762. The molecule has 0 saturated heterocycles. The van der Waals surface area contributed by atoms with E-state index >= 15 is 0 Å². The number of sulfonamides is 1. The van der Waals surface area contributed by atoms with Gasteiger partial charge in [0.2, 0.25) is 15.9 Å². The van der Waals surface area contributed by atoms with Crippen LogP contribution in [0.25, 0.3) is 0 Å². The Labute approximate surface area is 160 Å². The third-order valence-corrected chi connectivity index (χ3v) is 5.07. The lowest BCUT2D eigenvalue weighted by Gasteiger charge is -2.28. The first-order valence-corrected chi connectivity index (χ1v) is 10.3.